The Hall–Kier alpha value is -5.08. The van der Waals surface area contributed by atoms with Gasteiger partial charge in [0.25, 0.3) is 5.91 Å². The molecule has 0 unspecified atom stereocenters. The fourth-order valence-electron chi connectivity index (χ4n) is 5.93. The van der Waals surface area contributed by atoms with Crippen molar-refractivity contribution >= 4 is 34.7 Å². The molecule has 0 atom stereocenters. The van der Waals surface area contributed by atoms with Gasteiger partial charge in [-0.25, -0.2) is 9.50 Å². The zero-order valence-electron chi connectivity index (χ0n) is 26.9. The Bertz CT molecular complexity index is 1930. The Kier molecular flexibility index (Phi) is 10.3. The van der Waals surface area contributed by atoms with E-state index in [2.05, 4.69) is 44.6 Å². The van der Waals surface area contributed by atoms with Crippen LogP contribution in [-0.4, -0.2) is 92.4 Å². The van der Waals surface area contributed by atoms with Gasteiger partial charge >= 0.3 is 6.61 Å². The van der Waals surface area contributed by atoms with Gasteiger partial charge in [0, 0.05) is 54.9 Å². The van der Waals surface area contributed by atoms with Crippen LogP contribution >= 0.6 is 11.6 Å². The number of fused-ring (bicyclic) bond motifs is 1. The molecule has 4 heterocycles. The summed E-state index contributed by atoms with van der Waals surface area (Å²) in [4.78, 5) is 35.3. The highest BCUT2D eigenvalue weighted by molar-refractivity contribution is 6.31. The molecular weight excluding hydrogens is 658 g/mol. The van der Waals surface area contributed by atoms with Crippen LogP contribution in [0, 0.1) is 0 Å². The van der Waals surface area contributed by atoms with Crippen LogP contribution in [0.4, 0.5) is 14.5 Å². The first-order valence-electron chi connectivity index (χ1n) is 15.7. The van der Waals surface area contributed by atoms with Crippen LogP contribution in [0.25, 0.3) is 16.9 Å². The lowest BCUT2D eigenvalue weighted by molar-refractivity contribution is -0.133. The molecule has 3 aromatic heterocycles. The number of benzene rings is 2. The van der Waals surface area contributed by atoms with Gasteiger partial charge in [0.2, 0.25) is 5.91 Å². The predicted octanol–water partition coefficient (Wildman–Crippen LogP) is 5.27. The molecule has 1 aliphatic rings. The highest BCUT2D eigenvalue weighted by Gasteiger charge is 2.27. The lowest BCUT2D eigenvalue weighted by atomic mass is 10.0. The van der Waals surface area contributed by atoms with Crippen LogP contribution in [0.3, 0.4) is 0 Å². The normalized spacial score (nSPS) is 13.7. The van der Waals surface area contributed by atoms with Crippen LogP contribution in [0.5, 0.6) is 11.5 Å². The van der Waals surface area contributed by atoms with Crippen molar-refractivity contribution in [3.05, 3.63) is 89.5 Å². The van der Waals surface area contributed by atoms with Gasteiger partial charge in [0.15, 0.2) is 5.65 Å². The highest BCUT2D eigenvalue weighted by atomic mass is 35.5. The minimum absolute atomic E-state index is 0.0981. The molecule has 0 spiro atoms. The quantitative estimate of drug-likeness (QED) is 0.188. The third-order valence-electron chi connectivity index (χ3n) is 8.60. The number of halogens is 3. The second-order valence-electron chi connectivity index (χ2n) is 11.7. The van der Waals surface area contributed by atoms with E-state index in [0.29, 0.717) is 24.8 Å². The van der Waals surface area contributed by atoms with Crippen molar-refractivity contribution in [2.45, 2.75) is 38.5 Å². The number of aromatic nitrogens is 5. The molecule has 1 fully saturated rings. The molecule has 12 nitrogen and oxygen atoms in total. The summed E-state index contributed by atoms with van der Waals surface area (Å²) in [6.07, 6.45) is 8.59. The van der Waals surface area contributed by atoms with E-state index >= 15 is 0 Å². The number of alkyl halides is 2. The first-order valence-corrected chi connectivity index (χ1v) is 16.1. The largest absolute Gasteiger partial charge is 0.497 e. The van der Waals surface area contributed by atoms with Crippen molar-refractivity contribution in [1.82, 2.24) is 34.2 Å². The fraction of sp³-hybridized carbons (Fsp3) is 0.324. The molecule has 2 amide bonds. The molecule has 1 aliphatic heterocycles. The third-order valence-corrected chi connectivity index (χ3v) is 8.83. The number of carbonyl (C=O) groups excluding carboxylic acids is 2. The number of nitrogens with one attached hydrogen (secondary N) is 1. The number of hydrogen-bond donors (Lipinski definition) is 1. The number of likely N-dealkylation sites (N-methyl/N-ethyl adjacent to an activating group) is 1. The lowest BCUT2D eigenvalue weighted by Gasteiger charge is -2.36. The average Bonchev–Trinajstić information content (AvgIpc) is 3.72. The van der Waals surface area contributed by atoms with Gasteiger partial charge in [-0.05, 0) is 68.3 Å². The number of rotatable bonds is 12. The molecule has 6 rings (SSSR count). The SMILES string of the molecule is COc1ccc(CCN(C)C2CCN(C(=O)Cn3cc(NC(=O)c4cnn5cccnc45)c(-c4cc(Cl)ccc4OC(F)F)n3)CC2)cc1. The molecule has 1 saturated heterocycles. The van der Waals surface area contributed by atoms with Crippen LogP contribution in [-0.2, 0) is 17.8 Å². The maximum atomic E-state index is 13.5. The van der Waals surface area contributed by atoms with Gasteiger partial charge in [-0.15, -0.1) is 0 Å². The number of hydrogen-bond acceptors (Lipinski definition) is 8. The van der Waals surface area contributed by atoms with E-state index in [9.17, 15) is 18.4 Å². The van der Waals surface area contributed by atoms with E-state index in [1.807, 2.05) is 12.1 Å². The first kappa shape index (κ1) is 33.8. The molecule has 0 bridgehead atoms. The molecule has 1 N–H and O–H groups in total. The Morgan fingerprint density at radius 1 is 1.14 bits per heavy atom. The zero-order chi connectivity index (χ0) is 34.5. The summed E-state index contributed by atoms with van der Waals surface area (Å²) in [5.74, 6) is -0.0784. The maximum Gasteiger partial charge on any atom is 0.387 e. The van der Waals surface area contributed by atoms with Gasteiger partial charge < -0.3 is 24.6 Å². The zero-order valence-corrected chi connectivity index (χ0v) is 27.7. The number of carbonyl (C=O) groups is 2. The number of piperidine rings is 1. The summed E-state index contributed by atoms with van der Waals surface area (Å²) in [6.45, 7) is -1.20. The molecule has 15 heteroatoms. The van der Waals surface area contributed by atoms with Crippen molar-refractivity contribution in [2.75, 3.05) is 39.1 Å². The maximum absolute atomic E-state index is 13.5. The van der Waals surface area contributed by atoms with Crippen molar-refractivity contribution in [3.8, 4) is 22.8 Å². The van der Waals surface area contributed by atoms with E-state index in [-0.39, 0.29) is 45.7 Å². The summed E-state index contributed by atoms with van der Waals surface area (Å²) < 4.78 is 39.5. The Morgan fingerprint density at radius 2 is 1.92 bits per heavy atom. The number of ether oxygens (including phenoxy) is 2. The fourth-order valence-corrected chi connectivity index (χ4v) is 6.10. The van der Waals surface area contributed by atoms with Crippen molar-refractivity contribution < 1.29 is 27.8 Å². The minimum atomic E-state index is -3.11. The molecule has 2 aromatic carbocycles. The van der Waals surface area contributed by atoms with Gasteiger partial charge in [-0.1, -0.05) is 23.7 Å². The molecule has 0 radical (unpaired) electrons. The second-order valence-corrected chi connectivity index (χ2v) is 12.1. The number of methoxy groups -OCH3 is 1. The van der Waals surface area contributed by atoms with E-state index in [1.165, 1.54) is 51.6 Å². The van der Waals surface area contributed by atoms with Crippen LogP contribution in [0.2, 0.25) is 5.02 Å². The number of amides is 2. The Labute approximate surface area is 286 Å². The Morgan fingerprint density at radius 3 is 2.65 bits per heavy atom. The van der Waals surface area contributed by atoms with Crippen molar-refractivity contribution in [3.63, 3.8) is 0 Å². The number of nitrogens with zero attached hydrogens (tertiary/aromatic N) is 7. The van der Waals surface area contributed by atoms with E-state index < -0.39 is 12.5 Å². The number of anilines is 1. The van der Waals surface area contributed by atoms with Crippen LogP contribution in [0.15, 0.2) is 73.3 Å². The van der Waals surface area contributed by atoms with Crippen LogP contribution in [0.1, 0.15) is 28.8 Å². The average molecular weight is 693 g/mol. The summed E-state index contributed by atoms with van der Waals surface area (Å²) >= 11 is 6.24. The lowest BCUT2D eigenvalue weighted by Crippen LogP contribution is -2.46. The van der Waals surface area contributed by atoms with E-state index in [4.69, 9.17) is 21.1 Å². The minimum Gasteiger partial charge on any atom is -0.497 e. The standard InChI is InChI=1S/C34H35ClF2N8O4/c1-42(15-10-22-4-7-25(48-2)8-5-22)24-11-16-43(17-12-24)30(46)21-44-20-28(40-33(47)27-19-39-45-14-3-13-38-32(27)45)31(41-44)26-18-23(35)6-9-29(26)49-34(36)37/h3-9,13-14,18-20,24,34H,10-12,15-17,21H2,1-2H3,(H,40,47). The molecule has 49 heavy (non-hydrogen) atoms. The van der Waals surface area contributed by atoms with Gasteiger partial charge in [0.1, 0.15) is 29.3 Å². The molecular formula is C34H35ClF2N8O4. The summed E-state index contributed by atoms with van der Waals surface area (Å²) in [5, 5.41) is 11.7. The van der Waals surface area contributed by atoms with E-state index in [1.54, 1.807) is 24.3 Å². The highest BCUT2D eigenvalue weighted by Crippen LogP contribution is 2.37. The third kappa shape index (κ3) is 7.98. The number of likely N-dealkylation sites (tertiary alicyclic amines) is 1. The molecule has 0 aliphatic carbocycles. The van der Waals surface area contributed by atoms with Crippen LogP contribution < -0.4 is 14.8 Å². The van der Waals surface area contributed by atoms with Gasteiger partial charge in [-0.2, -0.15) is 19.0 Å². The second kappa shape index (κ2) is 15.0. The van der Waals surface area contributed by atoms with Crippen molar-refractivity contribution in [1.29, 1.82) is 0 Å². The summed E-state index contributed by atoms with van der Waals surface area (Å²) in [7, 11) is 3.76. The monoisotopic (exact) mass is 692 g/mol. The molecule has 5 aromatic rings. The molecule has 0 saturated carbocycles. The summed E-state index contributed by atoms with van der Waals surface area (Å²) in [5.41, 5.74) is 2.11. The van der Waals surface area contributed by atoms with Gasteiger partial charge in [0.05, 0.1) is 19.0 Å². The van der Waals surface area contributed by atoms with E-state index in [0.717, 1.165) is 31.6 Å². The van der Waals surface area contributed by atoms with Gasteiger partial charge in [-0.3, -0.25) is 14.3 Å². The Balaban J connectivity index is 1.16. The first-order chi connectivity index (χ1) is 23.7. The predicted molar refractivity (Wildman–Crippen MR) is 179 cm³/mol. The van der Waals surface area contributed by atoms with Crippen molar-refractivity contribution in [2.24, 2.45) is 0 Å². The topological polar surface area (TPSA) is 119 Å². The summed E-state index contributed by atoms with van der Waals surface area (Å²) in [6, 6.07) is 14.2. The smallest absolute Gasteiger partial charge is 0.387 e. The molecule has 256 valence electrons.